The second kappa shape index (κ2) is 8.83. The minimum absolute atomic E-state index is 0.118. The van der Waals surface area contributed by atoms with Gasteiger partial charge in [0.2, 0.25) is 0 Å². The lowest BCUT2D eigenvalue weighted by atomic mass is 9.98. The summed E-state index contributed by atoms with van der Waals surface area (Å²) in [6.07, 6.45) is 4.09. The van der Waals surface area contributed by atoms with Crippen molar-refractivity contribution in [1.29, 1.82) is 0 Å². The SMILES string of the molecule is CC=CCOc1ccc(-c2ccc3c(F)c(CC)c(OC(F)F)cc3c2)cc1. The molecule has 5 heteroatoms. The Kier molecular flexibility index (Phi) is 6.24. The number of benzene rings is 3. The average Bonchev–Trinajstić information content (AvgIpc) is 2.68. The van der Waals surface area contributed by atoms with Gasteiger partial charge in [-0.1, -0.05) is 43.3 Å². The fourth-order valence-corrected chi connectivity index (χ4v) is 3.08. The van der Waals surface area contributed by atoms with Crippen LogP contribution in [0.25, 0.3) is 21.9 Å². The highest BCUT2D eigenvalue weighted by molar-refractivity contribution is 5.90. The van der Waals surface area contributed by atoms with Gasteiger partial charge in [-0.05, 0) is 54.1 Å². The van der Waals surface area contributed by atoms with Gasteiger partial charge < -0.3 is 9.47 Å². The van der Waals surface area contributed by atoms with Gasteiger partial charge in [0.1, 0.15) is 23.9 Å². The van der Waals surface area contributed by atoms with Crippen LogP contribution in [0.1, 0.15) is 19.4 Å². The number of hydrogen-bond donors (Lipinski definition) is 0. The Morgan fingerprint density at radius 1 is 1.00 bits per heavy atom. The van der Waals surface area contributed by atoms with Crippen LogP contribution in [0.3, 0.4) is 0 Å². The Labute approximate surface area is 162 Å². The van der Waals surface area contributed by atoms with E-state index in [-0.39, 0.29) is 17.7 Å². The first-order chi connectivity index (χ1) is 13.5. The highest BCUT2D eigenvalue weighted by Gasteiger charge is 2.16. The second-order valence-corrected chi connectivity index (χ2v) is 6.24. The number of rotatable bonds is 7. The van der Waals surface area contributed by atoms with Gasteiger partial charge in [-0.3, -0.25) is 0 Å². The molecule has 0 N–H and O–H groups in total. The van der Waals surface area contributed by atoms with E-state index in [0.717, 1.165) is 16.9 Å². The third kappa shape index (κ3) is 4.30. The van der Waals surface area contributed by atoms with E-state index < -0.39 is 12.4 Å². The molecule has 0 saturated carbocycles. The van der Waals surface area contributed by atoms with Gasteiger partial charge in [-0.2, -0.15) is 8.78 Å². The smallest absolute Gasteiger partial charge is 0.387 e. The molecule has 28 heavy (non-hydrogen) atoms. The van der Waals surface area contributed by atoms with E-state index in [1.54, 1.807) is 19.1 Å². The minimum Gasteiger partial charge on any atom is -0.490 e. The van der Waals surface area contributed by atoms with Crippen LogP contribution < -0.4 is 9.47 Å². The Morgan fingerprint density at radius 2 is 1.71 bits per heavy atom. The van der Waals surface area contributed by atoms with Crippen molar-refractivity contribution in [3.8, 4) is 22.6 Å². The molecular formula is C23H21F3O2. The van der Waals surface area contributed by atoms with Crippen LogP contribution in [0.2, 0.25) is 0 Å². The molecule has 3 aromatic carbocycles. The molecule has 0 radical (unpaired) electrons. The maximum Gasteiger partial charge on any atom is 0.387 e. The molecule has 0 spiro atoms. The van der Waals surface area contributed by atoms with Crippen molar-refractivity contribution < 1.29 is 22.6 Å². The summed E-state index contributed by atoms with van der Waals surface area (Å²) in [7, 11) is 0. The largest absolute Gasteiger partial charge is 0.490 e. The lowest BCUT2D eigenvalue weighted by Crippen LogP contribution is -2.06. The first-order valence-electron chi connectivity index (χ1n) is 9.07. The number of alkyl halides is 2. The predicted molar refractivity (Wildman–Crippen MR) is 106 cm³/mol. The van der Waals surface area contributed by atoms with E-state index in [9.17, 15) is 13.2 Å². The molecule has 0 unspecified atom stereocenters. The zero-order valence-corrected chi connectivity index (χ0v) is 15.7. The van der Waals surface area contributed by atoms with Crippen LogP contribution in [0.5, 0.6) is 11.5 Å². The summed E-state index contributed by atoms with van der Waals surface area (Å²) in [6, 6.07) is 14.2. The van der Waals surface area contributed by atoms with Gasteiger partial charge in [-0.15, -0.1) is 0 Å². The normalized spacial score (nSPS) is 11.5. The molecular weight excluding hydrogens is 365 g/mol. The molecule has 3 aromatic rings. The Hall–Kier alpha value is -2.95. The summed E-state index contributed by atoms with van der Waals surface area (Å²) in [4.78, 5) is 0. The summed E-state index contributed by atoms with van der Waals surface area (Å²) in [5, 5.41) is 0.893. The van der Waals surface area contributed by atoms with Gasteiger partial charge >= 0.3 is 6.61 Å². The number of hydrogen-bond acceptors (Lipinski definition) is 2. The molecule has 3 rings (SSSR count). The van der Waals surface area contributed by atoms with E-state index in [2.05, 4.69) is 4.74 Å². The standard InChI is InChI=1S/C23H21F3O2/c1-3-5-12-27-18-9-6-15(7-10-18)16-8-11-20-17(13-16)14-21(28-23(25)26)19(4-2)22(20)24/h3,5-11,13-14,23H,4,12H2,1-2H3. The topological polar surface area (TPSA) is 18.5 Å². The fraction of sp³-hybridized carbons (Fsp3) is 0.217. The summed E-state index contributed by atoms with van der Waals surface area (Å²) < 4.78 is 50.3. The summed E-state index contributed by atoms with van der Waals surface area (Å²) in [5.74, 6) is 0.108. The highest BCUT2D eigenvalue weighted by atomic mass is 19.3. The summed E-state index contributed by atoms with van der Waals surface area (Å²) in [6.45, 7) is 1.13. The molecule has 0 fully saturated rings. The molecule has 0 bridgehead atoms. The van der Waals surface area contributed by atoms with Crippen molar-refractivity contribution >= 4 is 10.8 Å². The van der Waals surface area contributed by atoms with Crippen LogP contribution in [0.15, 0.2) is 60.7 Å². The number of allylic oxidation sites excluding steroid dienone is 1. The number of fused-ring (bicyclic) bond motifs is 1. The van der Waals surface area contributed by atoms with Crippen molar-refractivity contribution in [2.45, 2.75) is 26.9 Å². The van der Waals surface area contributed by atoms with Gasteiger partial charge in [0, 0.05) is 10.9 Å². The zero-order valence-electron chi connectivity index (χ0n) is 15.7. The van der Waals surface area contributed by atoms with Gasteiger partial charge in [0.15, 0.2) is 0 Å². The van der Waals surface area contributed by atoms with E-state index >= 15 is 0 Å². The number of halogens is 3. The summed E-state index contributed by atoms with van der Waals surface area (Å²) >= 11 is 0. The van der Waals surface area contributed by atoms with Gasteiger partial charge in [0.25, 0.3) is 0 Å². The van der Waals surface area contributed by atoms with Crippen LogP contribution in [0, 0.1) is 5.82 Å². The highest BCUT2D eigenvalue weighted by Crippen LogP contribution is 2.34. The van der Waals surface area contributed by atoms with E-state index in [1.165, 1.54) is 6.07 Å². The molecule has 0 aliphatic carbocycles. The maximum absolute atomic E-state index is 14.8. The third-order valence-electron chi connectivity index (χ3n) is 4.48. The van der Waals surface area contributed by atoms with Crippen molar-refractivity contribution in [1.82, 2.24) is 0 Å². The molecule has 0 atom stereocenters. The maximum atomic E-state index is 14.8. The third-order valence-corrected chi connectivity index (χ3v) is 4.48. The van der Waals surface area contributed by atoms with E-state index in [1.807, 2.05) is 49.4 Å². The quantitative estimate of drug-likeness (QED) is 0.418. The lowest BCUT2D eigenvalue weighted by molar-refractivity contribution is -0.0504. The Bertz CT molecular complexity index is 979. The molecule has 0 saturated heterocycles. The second-order valence-electron chi connectivity index (χ2n) is 6.24. The van der Waals surface area contributed by atoms with Crippen LogP contribution in [-0.2, 0) is 6.42 Å². The fourth-order valence-electron chi connectivity index (χ4n) is 3.08. The first-order valence-corrected chi connectivity index (χ1v) is 9.07. The summed E-state index contributed by atoms with van der Waals surface area (Å²) in [5.41, 5.74) is 1.92. The van der Waals surface area contributed by atoms with Crippen molar-refractivity contribution in [3.05, 3.63) is 72.1 Å². The Morgan fingerprint density at radius 3 is 2.36 bits per heavy atom. The van der Waals surface area contributed by atoms with Crippen molar-refractivity contribution in [2.75, 3.05) is 6.61 Å². The molecule has 0 aromatic heterocycles. The van der Waals surface area contributed by atoms with Gasteiger partial charge in [-0.25, -0.2) is 4.39 Å². The van der Waals surface area contributed by atoms with Crippen molar-refractivity contribution in [2.24, 2.45) is 0 Å². The Balaban J connectivity index is 1.97. The van der Waals surface area contributed by atoms with Crippen LogP contribution >= 0.6 is 0 Å². The monoisotopic (exact) mass is 386 g/mol. The molecule has 2 nitrogen and oxygen atoms in total. The first kappa shape index (κ1) is 19.8. The van der Waals surface area contributed by atoms with E-state index in [4.69, 9.17) is 4.74 Å². The van der Waals surface area contributed by atoms with Crippen molar-refractivity contribution in [3.63, 3.8) is 0 Å². The minimum atomic E-state index is -3.00. The molecule has 0 aliphatic heterocycles. The van der Waals surface area contributed by atoms with Gasteiger partial charge in [0.05, 0.1) is 0 Å². The lowest BCUT2D eigenvalue weighted by Gasteiger charge is -2.14. The van der Waals surface area contributed by atoms with Crippen LogP contribution in [-0.4, -0.2) is 13.2 Å². The number of ether oxygens (including phenoxy) is 2. The zero-order chi connectivity index (χ0) is 20.1. The molecule has 0 heterocycles. The van der Waals surface area contributed by atoms with E-state index in [0.29, 0.717) is 17.4 Å². The molecule has 146 valence electrons. The van der Waals surface area contributed by atoms with Crippen LogP contribution in [0.4, 0.5) is 13.2 Å². The average molecular weight is 386 g/mol. The predicted octanol–water partition coefficient (Wildman–Crippen LogP) is 6.76. The molecule has 0 aliphatic rings. The molecule has 0 amide bonds.